The Morgan fingerprint density at radius 1 is 1.20 bits per heavy atom. The number of hydrogen-bond acceptors (Lipinski definition) is 1. The largest absolute Gasteiger partial charge is 0.330 e. The van der Waals surface area contributed by atoms with Crippen molar-refractivity contribution in [2.45, 2.75) is 0 Å². The minimum absolute atomic E-state index is 0.366. The van der Waals surface area contributed by atoms with Gasteiger partial charge in [0.15, 0.2) is 4.77 Å². The zero-order valence-electron chi connectivity index (χ0n) is 9.75. The number of halogens is 4. The highest BCUT2D eigenvalue weighted by Crippen LogP contribution is 2.30. The number of aromatic nitrogens is 2. The van der Waals surface area contributed by atoms with Gasteiger partial charge in [-0.3, -0.25) is 4.57 Å². The summed E-state index contributed by atoms with van der Waals surface area (Å²) in [6.45, 7) is 0. The molecule has 0 atom stereocenters. The lowest BCUT2D eigenvalue weighted by molar-refractivity contribution is 0.622. The molecule has 1 aromatic heterocycles. The van der Waals surface area contributed by atoms with Crippen molar-refractivity contribution in [2.24, 2.45) is 0 Å². The highest BCUT2D eigenvalue weighted by atomic mass is 79.9. The monoisotopic (exact) mass is 390 g/mol. The number of nitrogens with one attached hydrogen (secondary N) is 1. The molecule has 2 nitrogen and oxygen atoms in total. The van der Waals surface area contributed by atoms with Crippen molar-refractivity contribution in [2.75, 3.05) is 0 Å². The fourth-order valence-corrected chi connectivity index (χ4v) is 3.02. The van der Waals surface area contributed by atoms with Crippen molar-refractivity contribution in [3.05, 3.63) is 55.4 Å². The van der Waals surface area contributed by atoms with Crippen molar-refractivity contribution in [3.63, 3.8) is 0 Å². The Labute approximate surface area is 137 Å². The van der Waals surface area contributed by atoms with Gasteiger partial charge in [-0.05, 0) is 52.4 Å². The Hall–Kier alpha value is -0.880. The van der Waals surface area contributed by atoms with Crippen LogP contribution < -0.4 is 0 Å². The number of H-pyrrole nitrogens is 1. The van der Waals surface area contributed by atoms with E-state index in [4.69, 9.17) is 35.4 Å². The van der Waals surface area contributed by atoms with Crippen molar-refractivity contribution >= 4 is 62.4 Å². The average Bonchev–Trinajstić information content (AvgIpc) is 2.69. The molecule has 0 radical (unpaired) electrons. The van der Waals surface area contributed by atoms with Crippen LogP contribution in [0.15, 0.2) is 34.8 Å². The number of imidazole rings is 1. The zero-order chi connectivity index (χ0) is 14.4. The summed E-state index contributed by atoms with van der Waals surface area (Å²) in [6, 6.07) is 8.07. The maximum Gasteiger partial charge on any atom is 0.182 e. The first kappa shape index (κ1) is 14.1. The van der Waals surface area contributed by atoms with Gasteiger partial charge in [-0.1, -0.05) is 23.2 Å². The van der Waals surface area contributed by atoms with Crippen LogP contribution in [-0.2, 0) is 0 Å². The highest BCUT2D eigenvalue weighted by molar-refractivity contribution is 9.10. The van der Waals surface area contributed by atoms with E-state index in [-0.39, 0.29) is 5.82 Å². The summed E-state index contributed by atoms with van der Waals surface area (Å²) in [5.74, 6) is -0.376. The van der Waals surface area contributed by atoms with E-state index in [0.29, 0.717) is 36.0 Å². The van der Waals surface area contributed by atoms with Gasteiger partial charge in [0.2, 0.25) is 0 Å². The molecule has 2 aromatic carbocycles. The first-order chi connectivity index (χ1) is 9.47. The lowest BCUT2D eigenvalue weighted by atomic mass is 10.2. The standard InChI is InChI=1S/C13H6BrCl2FN2S/c14-7-4-10-12(5-9(7)17)19(13(20)18-10)11-3-6(15)1-2-8(11)16/h1-5H,(H,18,20). The molecule has 3 aromatic rings. The number of rotatable bonds is 1. The summed E-state index contributed by atoms with van der Waals surface area (Å²) in [5, 5.41) is 1.01. The van der Waals surface area contributed by atoms with Gasteiger partial charge >= 0.3 is 0 Å². The predicted molar refractivity (Wildman–Crippen MR) is 86.1 cm³/mol. The Morgan fingerprint density at radius 2 is 1.95 bits per heavy atom. The number of fused-ring (bicyclic) bond motifs is 1. The number of hydrogen-bond donors (Lipinski definition) is 1. The van der Waals surface area contributed by atoms with Gasteiger partial charge in [0.05, 0.1) is 26.2 Å². The fraction of sp³-hybridized carbons (Fsp3) is 0. The third-order valence-electron chi connectivity index (χ3n) is 2.87. The number of benzene rings is 2. The van der Waals surface area contributed by atoms with E-state index in [2.05, 4.69) is 20.9 Å². The number of nitrogens with zero attached hydrogens (tertiary/aromatic N) is 1. The van der Waals surface area contributed by atoms with Crippen LogP contribution in [0.25, 0.3) is 16.7 Å². The Kier molecular flexibility index (Phi) is 3.62. The minimum Gasteiger partial charge on any atom is -0.330 e. The second-order valence-electron chi connectivity index (χ2n) is 4.14. The van der Waals surface area contributed by atoms with E-state index in [1.807, 2.05) is 0 Å². The molecule has 0 bridgehead atoms. The van der Waals surface area contributed by atoms with Crippen LogP contribution in [0.5, 0.6) is 0 Å². The lowest BCUT2D eigenvalue weighted by Crippen LogP contribution is -1.95. The van der Waals surface area contributed by atoms with Gasteiger partial charge < -0.3 is 4.98 Å². The van der Waals surface area contributed by atoms with E-state index < -0.39 is 0 Å². The second kappa shape index (κ2) is 5.15. The summed E-state index contributed by atoms with van der Waals surface area (Å²) in [4.78, 5) is 3.02. The third-order valence-corrected chi connectivity index (χ3v) is 4.32. The van der Waals surface area contributed by atoms with Gasteiger partial charge in [-0.2, -0.15) is 0 Å². The maximum atomic E-state index is 13.8. The van der Waals surface area contributed by atoms with Gasteiger partial charge in [-0.25, -0.2) is 4.39 Å². The molecule has 0 unspecified atom stereocenters. The summed E-state index contributed by atoms with van der Waals surface area (Å²) in [6.07, 6.45) is 0. The molecule has 0 amide bonds. The predicted octanol–water partition coefficient (Wildman–Crippen LogP) is 5.90. The van der Waals surface area contributed by atoms with Crippen LogP contribution in [0.4, 0.5) is 4.39 Å². The first-order valence-electron chi connectivity index (χ1n) is 5.52. The van der Waals surface area contributed by atoms with Crippen molar-refractivity contribution in [1.29, 1.82) is 0 Å². The third kappa shape index (κ3) is 2.29. The van der Waals surface area contributed by atoms with E-state index in [1.54, 1.807) is 28.8 Å². The molecule has 102 valence electrons. The van der Waals surface area contributed by atoms with Gasteiger partial charge in [-0.15, -0.1) is 0 Å². The van der Waals surface area contributed by atoms with Crippen molar-refractivity contribution < 1.29 is 4.39 Å². The smallest absolute Gasteiger partial charge is 0.182 e. The highest BCUT2D eigenvalue weighted by Gasteiger charge is 2.13. The summed E-state index contributed by atoms with van der Waals surface area (Å²) >= 11 is 20.6. The molecule has 0 spiro atoms. The molecule has 1 heterocycles. The SMILES string of the molecule is Fc1cc2c(cc1Br)[nH]c(=S)n2-c1cc(Cl)ccc1Cl. The average molecular weight is 392 g/mol. The molecule has 3 rings (SSSR count). The molecule has 0 aliphatic rings. The van der Waals surface area contributed by atoms with E-state index >= 15 is 0 Å². The van der Waals surface area contributed by atoms with E-state index in [0.717, 1.165) is 0 Å². The molecule has 7 heteroatoms. The molecule has 1 N–H and O–H groups in total. The Morgan fingerprint density at radius 3 is 2.70 bits per heavy atom. The maximum absolute atomic E-state index is 13.8. The molecule has 20 heavy (non-hydrogen) atoms. The van der Waals surface area contributed by atoms with Gasteiger partial charge in [0.1, 0.15) is 5.82 Å². The quantitative estimate of drug-likeness (QED) is 0.512. The van der Waals surface area contributed by atoms with Crippen LogP contribution in [0, 0.1) is 10.6 Å². The molecule has 0 saturated heterocycles. The number of aromatic amines is 1. The normalized spacial score (nSPS) is 11.2. The van der Waals surface area contributed by atoms with Crippen LogP contribution in [0.1, 0.15) is 0 Å². The summed E-state index contributed by atoms with van der Waals surface area (Å²) in [7, 11) is 0. The van der Waals surface area contributed by atoms with Crippen molar-refractivity contribution in [1.82, 2.24) is 9.55 Å². The second-order valence-corrected chi connectivity index (χ2v) is 6.23. The van der Waals surface area contributed by atoms with Crippen molar-refractivity contribution in [3.8, 4) is 5.69 Å². The fourth-order valence-electron chi connectivity index (χ4n) is 2.00. The lowest BCUT2D eigenvalue weighted by Gasteiger charge is -2.08. The summed E-state index contributed by atoms with van der Waals surface area (Å²) < 4.78 is 16.2. The van der Waals surface area contributed by atoms with Gasteiger partial charge in [0.25, 0.3) is 0 Å². The topological polar surface area (TPSA) is 20.7 Å². The van der Waals surface area contributed by atoms with Crippen LogP contribution in [-0.4, -0.2) is 9.55 Å². The molecule has 0 saturated carbocycles. The molecule has 0 fully saturated rings. The molecule has 0 aliphatic heterocycles. The van der Waals surface area contributed by atoms with Crippen LogP contribution >= 0.6 is 51.3 Å². The summed E-state index contributed by atoms with van der Waals surface area (Å²) in [5.41, 5.74) is 1.91. The van der Waals surface area contributed by atoms with Gasteiger partial charge in [0, 0.05) is 11.1 Å². The van der Waals surface area contributed by atoms with E-state index in [9.17, 15) is 4.39 Å². The van der Waals surface area contributed by atoms with Crippen LogP contribution in [0.2, 0.25) is 10.0 Å². The van der Waals surface area contributed by atoms with Crippen LogP contribution in [0.3, 0.4) is 0 Å². The molecular weight excluding hydrogens is 386 g/mol. The van der Waals surface area contributed by atoms with E-state index in [1.165, 1.54) is 6.07 Å². The Balaban J connectivity index is 2.42. The molecule has 0 aliphatic carbocycles. The Bertz CT molecular complexity index is 888. The zero-order valence-corrected chi connectivity index (χ0v) is 13.7. The first-order valence-corrected chi connectivity index (χ1v) is 7.48. The molecular formula is C13H6BrCl2FN2S. The minimum atomic E-state index is -0.376.